The molecule has 0 heterocycles. The summed E-state index contributed by atoms with van der Waals surface area (Å²) in [5.74, 6) is 0. The molecule has 3 aromatic carbocycles. The van der Waals surface area contributed by atoms with Crippen LogP contribution in [0, 0.1) is 20.2 Å². The highest BCUT2D eigenvalue weighted by Gasteiger charge is 2.21. The van der Waals surface area contributed by atoms with Gasteiger partial charge in [0.05, 0.1) is 44.3 Å². The second-order valence-electron chi connectivity index (χ2n) is 7.32. The first-order valence-electron chi connectivity index (χ1n) is 10.6. The lowest BCUT2D eigenvalue weighted by atomic mass is 10.2. The van der Waals surface area contributed by atoms with Crippen molar-refractivity contribution < 1.29 is 27.9 Å². The van der Waals surface area contributed by atoms with Crippen molar-refractivity contribution in [2.45, 2.75) is 10.9 Å². The van der Waals surface area contributed by atoms with Gasteiger partial charge in [-0.2, -0.15) is 0 Å². The molecule has 0 bridgehead atoms. The second kappa shape index (κ2) is 12.9. The Balaban J connectivity index is 1.70. The van der Waals surface area contributed by atoms with Crippen molar-refractivity contribution >= 4 is 33.8 Å². The van der Waals surface area contributed by atoms with Gasteiger partial charge in [0.1, 0.15) is 13.2 Å². The van der Waals surface area contributed by atoms with Crippen molar-refractivity contribution in [1.82, 2.24) is 4.72 Å². The molecule has 13 nitrogen and oxygen atoms in total. The van der Waals surface area contributed by atoms with Crippen molar-refractivity contribution in [3.05, 3.63) is 110 Å². The van der Waals surface area contributed by atoms with Crippen LogP contribution in [0.3, 0.4) is 0 Å². The molecule has 0 saturated carbocycles. The molecule has 3 aromatic rings. The Morgan fingerprint density at radius 2 is 1.19 bits per heavy atom. The number of nitrogens with zero attached hydrogens (tertiary/aromatic N) is 4. The molecule has 0 unspecified atom stereocenters. The lowest BCUT2D eigenvalue weighted by molar-refractivity contribution is -0.385. The van der Waals surface area contributed by atoms with Crippen LogP contribution in [0.5, 0.6) is 0 Å². The molecule has 14 heteroatoms. The Kier molecular flexibility index (Phi) is 9.35. The van der Waals surface area contributed by atoms with E-state index in [2.05, 4.69) is 15.0 Å². The van der Waals surface area contributed by atoms with E-state index in [0.717, 1.165) is 12.4 Å². The van der Waals surface area contributed by atoms with Gasteiger partial charge in [-0.3, -0.25) is 20.2 Å². The van der Waals surface area contributed by atoms with Gasteiger partial charge in [0.2, 0.25) is 10.0 Å². The zero-order valence-electron chi connectivity index (χ0n) is 19.1. The molecule has 192 valence electrons. The molecule has 37 heavy (non-hydrogen) atoms. The zero-order valence-corrected chi connectivity index (χ0v) is 19.9. The van der Waals surface area contributed by atoms with E-state index >= 15 is 0 Å². The number of nitro benzene ring substituents is 2. The fourth-order valence-electron chi connectivity index (χ4n) is 2.98. The van der Waals surface area contributed by atoms with Crippen LogP contribution in [0.15, 0.2) is 94.1 Å². The van der Waals surface area contributed by atoms with Crippen LogP contribution in [0.25, 0.3) is 0 Å². The van der Waals surface area contributed by atoms with Crippen LogP contribution in [0.1, 0.15) is 11.1 Å². The van der Waals surface area contributed by atoms with E-state index in [4.69, 9.17) is 9.68 Å². The first kappa shape index (κ1) is 26.9. The predicted molar refractivity (Wildman–Crippen MR) is 134 cm³/mol. The molecule has 0 saturated heterocycles. The molecule has 0 atom stereocenters. The van der Waals surface area contributed by atoms with Crippen LogP contribution in [-0.2, 0) is 19.7 Å². The monoisotopic (exact) mass is 527 g/mol. The summed E-state index contributed by atoms with van der Waals surface area (Å²) in [7, 11) is -3.97. The summed E-state index contributed by atoms with van der Waals surface area (Å²) in [6, 6.07) is 18.4. The lowest BCUT2D eigenvalue weighted by Gasteiger charge is -2.16. The van der Waals surface area contributed by atoms with Crippen LogP contribution in [0.2, 0.25) is 0 Å². The minimum absolute atomic E-state index is 0.00632. The maximum atomic E-state index is 12.7. The van der Waals surface area contributed by atoms with E-state index in [0.29, 0.717) is 0 Å². The van der Waals surface area contributed by atoms with Crippen molar-refractivity contribution in [3.8, 4) is 0 Å². The molecule has 0 aliphatic carbocycles. The highest BCUT2D eigenvalue weighted by atomic mass is 32.2. The van der Waals surface area contributed by atoms with E-state index in [1.54, 1.807) is 30.3 Å². The average molecular weight is 528 g/mol. The van der Waals surface area contributed by atoms with E-state index in [1.807, 2.05) is 0 Å². The molecule has 0 aromatic heterocycles. The zero-order chi connectivity index (χ0) is 26.7. The number of hydrogen-bond acceptors (Lipinski definition) is 10. The molecule has 0 aliphatic rings. The standard InChI is InChI=1S/C23H21N5O8S/c29-27(30)22-12-6-4-8-18(22)14-24-35-16-20(26-37(33,34)21-10-2-1-3-11-21)17-36-25-15-19-9-5-7-13-23(19)28(31)32/h1-15,20,26H,16-17H2. The maximum absolute atomic E-state index is 12.7. The molecule has 3 rings (SSSR count). The number of rotatable bonds is 13. The van der Waals surface area contributed by atoms with Crippen molar-refractivity contribution in [1.29, 1.82) is 0 Å². The number of para-hydroxylation sites is 2. The van der Waals surface area contributed by atoms with Gasteiger partial charge in [-0.25, -0.2) is 13.1 Å². The average Bonchev–Trinajstić information content (AvgIpc) is 2.89. The first-order chi connectivity index (χ1) is 17.8. The molecule has 0 amide bonds. The van der Waals surface area contributed by atoms with Gasteiger partial charge in [0.15, 0.2) is 0 Å². The number of hydrogen-bond donors (Lipinski definition) is 1. The third kappa shape index (κ3) is 7.91. The van der Waals surface area contributed by atoms with E-state index < -0.39 is 25.9 Å². The summed E-state index contributed by atoms with van der Waals surface area (Å²) in [4.78, 5) is 31.5. The molecule has 0 radical (unpaired) electrons. The quantitative estimate of drug-likeness (QED) is 0.200. The fourth-order valence-corrected chi connectivity index (χ4v) is 4.21. The van der Waals surface area contributed by atoms with Crippen molar-refractivity contribution in [2.75, 3.05) is 13.2 Å². The molecule has 0 aliphatic heterocycles. The normalized spacial score (nSPS) is 12.4. The SMILES string of the molecule is O=[N+]([O-])c1ccccc1C=NOCC(CON=Cc1ccccc1[N+](=O)[O-])NS(=O)(=O)c1ccccc1. The predicted octanol–water partition coefficient (Wildman–Crippen LogP) is 3.25. The third-order valence-corrected chi connectivity index (χ3v) is 6.26. The Labute approximate surface area is 211 Å². The molecular formula is C23H21N5O8S. The number of sulfonamides is 1. The largest absolute Gasteiger partial charge is 0.394 e. The Bertz CT molecular complexity index is 1330. The second-order valence-corrected chi connectivity index (χ2v) is 9.04. The van der Waals surface area contributed by atoms with Crippen LogP contribution >= 0.6 is 0 Å². The minimum Gasteiger partial charge on any atom is -0.394 e. The number of nitro groups is 2. The molecule has 0 spiro atoms. The number of nitrogens with one attached hydrogen (secondary N) is 1. The molecular weight excluding hydrogens is 506 g/mol. The maximum Gasteiger partial charge on any atom is 0.278 e. The van der Waals surface area contributed by atoms with Gasteiger partial charge in [-0.05, 0) is 24.3 Å². The summed E-state index contributed by atoms with van der Waals surface area (Å²) >= 11 is 0. The van der Waals surface area contributed by atoms with E-state index in [-0.39, 0.29) is 40.6 Å². The van der Waals surface area contributed by atoms with Gasteiger partial charge >= 0.3 is 0 Å². The van der Waals surface area contributed by atoms with Crippen molar-refractivity contribution in [3.63, 3.8) is 0 Å². The van der Waals surface area contributed by atoms with Crippen LogP contribution < -0.4 is 4.72 Å². The van der Waals surface area contributed by atoms with Gasteiger partial charge < -0.3 is 9.68 Å². The summed E-state index contributed by atoms with van der Waals surface area (Å²) in [5.41, 5.74) is 0.0335. The highest BCUT2D eigenvalue weighted by molar-refractivity contribution is 7.89. The number of oxime groups is 2. The summed E-state index contributed by atoms with van der Waals surface area (Å²) in [6.45, 7) is -0.631. The molecule has 1 N–H and O–H groups in total. The molecule has 0 fully saturated rings. The Morgan fingerprint density at radius 3 is 1.65 bits per heavy atom. The smallest absolute Gasteiger partial charge is 0.278 e. The van der Waals surface area contributed by atoms with Crippen LogP contribution in [-0.4, -0.2) is 49.9 Å². The lowest BCUT2D eigenvalue weighted by Crippen LogP contribution is -2.40. The van der Waals surface area contributed by atoms with E-state index in [9.17, 15) is 28.6 Å². The van der Waals surface area contributed by atoms with Gasteiger partial charge in [-0.1, -0.05) is 52.8 Å². The topological polar surface area (TPSA) is 176 Å². The highest BCUT2D eigenvalue weighted by Crippen LogP contribution is 2.16. The first-order valence-corrected chi connectivity index (χ1v) is 12.1. The van der Waals surface area contributed by atoms with Crippen LogP contribution in [0.4, 0.5) is 11.4 Å². The van der Waals surface area contributed by atoms with E-state index in [1.165, 1.54) is 48.5 Å². The summed E-state index contributed by atoms with van der Waals surface area (Å²) < 4.78 is 27.9. The Morgan fingerprint density at radius 1 is 0.757 bits per heavy atom. The summed E-state index contributed by atoms with van der Waals surface area (Å²) in [5, 5.41) is 29.6. The van der Waals surface area contributed by atoms with Gasteiger partial charge in [0, 0.05) is 12.1 Å². The van der Waals surface area contributed by atoms with Gasteiger partial charge in [0.25, 0.3) is 11.4 Å². The number of benzene rings is 3. The van der Waals surface area contributed by atoms with Crippen molar-refractivity contribution in [2.24, 2.45) is 10.3 Å². The minimum atomic E-state index is -3.97. The Hall–Kier alpha value is -4.69. The fraction of sp³-hybridized carbons (Fsp3) is 0.130. The van der Waals surface area contributed by atoms with Gasteiger partial charge in [-0.15, -0.1) is 0 Å². The third-order valence-electron chi connectivity index (χ3n) is 4.73. The summed E-state index contributed by atoms with van der Waals surface area (Å²) in [6.07, 6.45) is 2.27.